The molecule has 0 aliphatic carbocycles. The molecule has 0 radical (unpaired) electrons. The molecule has 0 aromatic heterocycles. The van der Waals surface area contributed by atoms with Gasteiger partial charge in [-0.1, -0.05) is 36.8 Å². The second kappa shape index (κ2) is 6.47. The molecule has 106 valence electrons. The van der Waals surface area contributed by atoms with Crippen LogP contribution in [0.2, 0.25) is 0 Å². The van der Waals surface area contributed by atoms with E-state index in [0.29, 0.717) is 6.04 Å². The fourth-order valence-corrected chi connectivity index (χ4v) is 2.28. The zero-order chi connectivity index (χ0) is 14.5. The quantitative estimate of drug-likeness (QED) is 0.851. The third kappa shape index (κ3) is 3.53. The first-order valence-electron chi connectivity index (χ1n) is 7.20. The number of nitrogens with one attached hydrogen (secondary N) is 1. The van der Waals surface area contributed by atoms with Crippen molar-refractivity contribution in [2.45, 2.75) is 26.3 Å². The maximum atomic E-state index is 3.61. The van der Waals surface area contributed by atoms with Crippen LogP contribution in [0.1, 0.15) is 30.5 Å². The minimum atomic E-state index is 0.362. The van der Waals surface area contributed by atoms with Gasteiger partial charge in [-0.2, -0.15) is 0 Å². The Bertz CT molecular complexity index is 526. The van der Waals surface area contributed by atoms with Gasteiger partial charge in [0, 0.05) is 25.5 Å². The molecule has 2 aromatic rings. The van der Waals surface area contributed by atoms with Crippen molar-refractivity contribution in [2.24, 2.45) is 0 Å². The standard InChI is InChI=1S/C18H24N2/c1-5-18(15-8-6-14(2)7-9-15)19-16-10-12-17(13-11-16)20(3)4/h6-13,18-19H,5H2,1-4H3. The highest BCUT2D eigenvalue weighted by Crippen LogP contribution is 2.24. The Balaban J connectivity index is 2.11. The van der Waals surface area contributed by atoms with Crippen LogP contribution >= 0.6 is 0 Å². The highest BCUT2D eigenvalue weighted by Gasteiger charge is 2.08. The Labute approximate surface area is 122 Å². The molecule has 0 fully saturated rings. The molecule has 0 bridgehead atoms. The number of hydrogen-bond acceptors (Lipinski definition) is 2. The number of rotatable bonds is 5. The maximum absolute atomic E-state index is 3.61. The molecule has 1 atom stereocenters. The molecule has 0 saturated heterocycles. The van der Waals surface area contributed by atoms with Gasteiger partial charge in [-0.05, 0) is 43.2 Å². The number of hydrogen-bond donors (Lipinski definition) is 1. The second-order valence-corrected chi connectivity index (χ2v) is 5.46. The highest BCUT2D eigenvalue weighted by atomic mass is 15.1. The number of anilines is 2. The Morgan fingerprint density at radius 3 is 2.05 bits per heavy atom. The van der Waals surface area contributed by atoms with Crippen LogP contribution in [-0.4, -0.2) is 14.1 Å². The zero-order valence-corrected chi connectivity index (χ0v) is 12.9. The van der Waals surface area contributed by atoms with Crippen molar-refractivity contribution in [3.8, 4) is 0 Å². The summed E-state index contributed by atoms with van der Waals surface area (Å²) < 4.78 is 0. The van der Waals surface area contributed by atoms with Crippen LogP contribution < -0.4 is 10.2 Å². The first kappa shape index (κ1) is 14.4. The molecule has 0 amide bonds. The summed E-state index contributed by atoms with van der Waals surface area (Å²) in [5.41, 5.74) is 5.04. The highest BCUT2D eigenvalue weighted by molar-refractivity contribution is 5.55. The summed E-state index contributed by atoms with van der Waals surface area (Å²) in [6.45, 7) is 4.34. The molecule has 20 heavy (non-hydrogen) atoms. The van der Waals surface area contributed by atoms with Gasteiger partial charge in [0.15, 0.2) is 0 Å². The predicted octanol–water partition coefficient (Wildman–Crippen LogP) is 4.62. The van der Waals surface area contributed by atoms with Crippen LogP contribution in [0, 0.1) is 6.92 Å². The fourth-order valence-electron chi connectivity index (χ4n) is 2.28. The van der Waals surface area contributed by atoms with Crippen LogP contribution in [0.25, 0.3) is 0 Å². The number of nitrogens with zero attached hydrogens (tertiary/aromatic N) is 1. The van der Waals surface area contributed by atoms with Crippen molar-refractivity contribution < 1.29 is 0 Å². The van der Waals surface area contributed by atoms with Crippen LogP contribution in [-0.2, 0) is 0 Å². The first-order valence-corrected chi connectivity index (χ1v) is 7.20. The summed E-state index contributed by atoms with van der Waals surface area (Å²) in [6, 6.07) is 17.7. The summed E-state index contributed by atoms with van der Waals surface area (Å²) in [6.07, 6.45) is 1.07. The Hall–Kier alpha value is -1.96. The predicted molar refractivity (Wildman–Crippen MR) is 88.6 cm³/mol. The topological polar surface area (TPSA) is 15.3 Å². The molecule has 2 nitrogen and oxygen atoms in total. The molecule has 1 unspecified atom stereocenters. The summed E-state index contributed by atoms with van der Waals surface area (Å²) in [5.74, 6) is 0. The lowest BCUT2D eigenvalue weighted by atomic mass is 10.0. The molecule has 2 aromatic carbocycles. The maximum Gasteiger partial charge on any atom is 0.0511 e. The number of benzene rings is 2. The van der Waals surface area contributed by atoms with E-state index in [-0.39, 0.29) is 0 Å². The van der Waals surface area contributed by atoms with Crippen LogP contribution in [0.5, 0.6) is 0 Å². The molecular weight excluding hydrogens is 244 g/mol. The zero-order valence-electron chi connectivity index (χ0n) is 12.9. The monoisotopic (exact) mass is 268 g/mol. The molecule has 0 spiro atoms. The lowest BCUT2D eigenvalue weighted by Gasteiger charge is -2.20. The van der Waals surface area contributed by atoms with E-state index in [4.69, 9.17) is 0 Å². The third-order valence-corrected chi connectivity index (χ3v) is 3.61. The Morgan fingerprint density at radius 2 is 1.55 bits per heavy atom. The van der Waals surface area contributed by atoms with Crippen molar-refractivity contribution in [1.82, 2.24) is 0 Å². The lowest BCUT2D eigenvalue weighted by molar-refractivity contribution is 0.749. The average molecular weight is 268 g/mol. The van der Waals surface area contributed by atoms with Crippen molar-refractivity contribution in [2.75, 3.05) is 24.3 Å². The van der Waals surface area contributed by atoms with Gasteiger partial charge in [0.25, 0.3) is 0 Å². The Kier molecular flexibility index (Phi) is 4.67. The van der Waals surface area contributed by atoms with Crippen LogP contribution in [0.15, 0.2) is 48.5 Å². The van der Waals surface area contributed by atoms with Gasteiger partial charge in [-0.15, -0.1) is 0 Å². The molecule has 0 saturated carbocycles. The molecule has 0 aliphatic rings. The van der Waals surface area contributed by atoms with E-state index in [1.54, 1.807) is 0 Å². The van der Waals surface area contributed by atoms with Crippen molar-refractivity contribution in [1.29, 1.82) is 0 Å². The largest absolute Gasteiger partial charge is 0.378 e. The first-order chi connectivity index (χ1) is 9.60. The van der Waals surface area contributed by atoms with Crippen LogP contribution in [0.4, 0.5) is 11.4 Å². The van der Waals surface area contributed by atoms with Gasteiger partial charge >= 0.3 is 0 Å². The van der Waals surface area contributed by atoms with E-state index in [0.717, 1.165) is 6.42 Å². The average Bonchev–Trinajstić information content (AvgIpc) is 2.46. The lowest BCUT2D eigenvalue weighted by Crippen LogP contribution is -2.11. The van der Waals surface area contributed by atoms with Gasteiger partial charge < -0.3 is 10.2 Å². The normalized spacial score (nSPS) is 12.0. The van der Waals surface area contributed by atoms with Crippen molar-refractivity contribution >= 4 is 11.4 Å². The van der Waals surface area contributed by atoms with Crippen molar-refractivity contribution in [3.63, 3.8) is 0 Å². The van der Waals surface area contributed by atoms with Crippen molar-refractivity contribution in [3.05, 3.63) is 59.7 Å². The molecular formula is C18H24N2. The van der Waals surface area contributed by atoms with Gasteiger partial charge in [-0.3, -0.25) is 0 Å². The van der Waals surface area contributed by atoms with E-state index >= 15 is 0 Å². The smallest absolute Gasteiger partial charge is 0.0511 e. The SMILES string of the molecule is CCC(Nc1ccc(N(C)C)cc1)c1ccc(C)cc1. The summed E-state index contributed by atoms with van der Waals surface area (Å²) in [7, 11) is 4.12. The molecule has 2 heteroatoms. The van der Waals surface area contributed by atoms with E-state index in [2.05, 4.69) is 86.7 Å². The van der Waals surface area contributed by atoms with Gasteiger partial charge in [0.2, 0.25) is 0 Å². The summed E-state index contributed by atoms with van der Waals surface area (Å²) in [4.78, 5) is 2.11. The fraction of sp³-hybridized carbons (Fsp3) is 0.333. The van der Waals surface area contributed by atoms with E-state index in [1.165, 1.54) is 22.5 Å². The number of aryl methyl sites for hydroxylation is 1. The molecule has 2 rings (SSSR count). The second-order valence-electron chi connectivity index (χ2n) is 5.46. The van der Waals surface area contributed by atoms with E-state index in [1.807, 2.05) is 0 Å². The minimum Gasteiger partial charge on any atom is -0.378 e. The van der Waals surface area contributed by atoms with Gasteiger partial charge in [0.1, 0.15) is 0 Å². The van der Waals surface area contributed by atoms with Gasteiger partial charge in [0.05, 0.1) is 6.04 Å². The summed E-state index contributed by atoms with van der Waals surface area (Å²) >= 11 is 0. The third-order valence-electron chi connectivity index (χ3n) is 3.61. The summed E-state index contributed by atoms with van der Waals surface area (Å²) in [5, 5.41) is 3.61. The molecule has 1 N–H and O–H groups in total. The Morgan fingerprint density at radius 1 is 0.950 bits per heavy atom. The minimum absolute atomic E-state index is 0.362. The van der Waals surface area contributed by atoms with Crippen LogP contribution in [0.3, 0.4) is 0 Å². The van der Waals surface area contributed by atoms with E-state index < -0.39 is 0 Å². The van der Waals surface area contributed by atoms with E-state index in [9.17, 15) is 0 Å². The van der Waals surface area contributed by atoms with Gasteiger partial charge in [-0.25, -0.2) is 0 Å². The molecule has 0 aliphatic heterocycles. The molecule has 0 heterocycles.